The van der Waals surface area contributed by atoms with Gasteiger partial charge in [-0.1, -0.05) is 56.0 Å². The van der Waals surface area contributed by atoms with Crippen molar-refractivity contribution in [2.24, 2.45) is 0 Å². The Kier molecular flexibility index (Phi) is 5.44. The average Bonchev–Trinajstić information content (AvgIpc) is 2.70. The van der Waals surface area contributed by atoms with E-state index in [-0.39, 0.29) is 5.91 Å². The van der Waals surface area contributed by atoms with Gasteiger partial charge in [-0.15, -0.1) is 11.6 Å². The zero-order chi connectivity index (χ0) is 14.4. The molecule has 0 heterocycles. The fourth-order valence-electron chi connectivity index (χ4n) is 2.68. The van der Waals surface area contributed by atoms with Crippen LogP contribution in [0.15, 0.2) is 30.3 Å². The summed E-state index contributed by atoms with van der Waals surface area (Å²) in [7, 11) is 0. The summed E-state index contributed by atoms with van der Waals surface area (Å²) in [5.41, 5.74) is 0.0129. The molecule has 1 aliphatic carbocycles. The molecule has 1 unspecified atom stereocenters. The average molecular weight is 296 g/mol. The lowest BCUT2D eigenvalue weighted by Crippen LogP contribution is -2.43. The summed E-state index contributed by atoms with van der Waals surface area (Å²) in [6.45, 7) is 0.294. The fourth-order valence-corrected chi connectivity index (χ4v) is 2.90. The number of alkyl halides is 1. The first-order valence-electron chi connectivity index (χ1n) is 7.30. The van der Waals surface area contributed by atoms with Crippen LogP contribution in [0.3, 0.4) is 0 Å². The summed E-state index contributed by atoms with van der Waals surface area (Å²) in [5, 5.41) is 12.6. The molecule has 1 aromatic rings. The molecular formula is C16H22ClNO2. The molecule has 0 spiro atoms. The van der Waals surface area contributed by atoms with E-state index in [2.05, 4.69) is 5.32 Å². The number of halogens is 1. The largest absolute Gasteiger partial charge is 0.388 e. The quantitative estimate of drug-likeness (QED) is 0.662. The first-order chi connectivity index (χ1) is 9.61. The van der Waals surface area contributed by atoms with Gasteiger partial charge in [0.15, 0.2) is 0 Å². The predicted octanol–water partition coefficient (Wildman–Crippen LogP) is 3.17. The minimum Gasteiger partial charge on any atom is -0.388 e. The van der Waals surface area contributed by atoms with Crippen LogP contribution in [-0.2, 0) is 4.79 Å². The Hall–Kier alpha value is -1.06. The molecule has 1 atom stereocenters. The number of rotatable bonds is 4. The summed E-state index contributed by atoms with van der Waals surface area (Å²) in [6.07, 6.45) is 5.89. The van der Waals surface area contributed by atoms with Gasteiger partial charge in [0.25, 0.3) is 0 Å². The van der Waals surface area contributed by atoms with Crippen LogP contribution in [0, 0.1) is 0 Å². The monoisotopic (exact) mass is 295 g/mol. The van der Waals surface area contributed by atoms with Crippen molar-refractivity contribution >= 4 is 17.5 Å². The lowest BCUT2D eigenvalue weighted by atomic mass is 9.94. The number of benzene rings is 1. The maximum absolute atomic E-state index is 12.1. The number of nitrogens with one attached hydrogen (secondary N) is 1. The van der Waals surface area contributed by atoms with E-state index >= 15 is 0 Å². The molecule has 1 saturated carbocycles. The molecule has 0 aromatic heterocycles. The van der Waals surface area contributed by atoms with Crippen LogP contribution in [-0.4, -0.2) is 23.2 Å². The Morgan fingerprint density at radius 2 is 1.80 bits per heavy atom. The summed E-state index contributed by atoms with van der Waals surface area (Å²) < 4.78 is 0. The van der Waals surface area contributed by atoms with Gasteiger partial charge in [0.2, 0.25) is 5.91 Å². The van der Waals surface area contributed by atoms with Crippen molar-refractivity contribution in [1.29, 1.82) is 0 Å². The molecule has 110 valence electrons. The van der Waals surface area contributed by atoms with Crippen LogP contribution in [0.1, 0.15) is 49.5 Å². The standard InChI is InChI=1S/C16H22ClNO2/c17-14(13-8-4-3-5-9-13)15(19)18-12-16(20)10-6-1-2-7-11-16/h3-5,8-9,14,20H,1-2,6-7,10-12H2,(H,18,19). The molecule has 20 heavy (non-hydrogen) atoms. The van der Waals surface area contributed by atoms with Crippen molar-refractivity contribution in [3.8, 4) is 0 Å². The van der Waals surface area contributed by atoms with E-state index in [9.17, 15) is 9.90 Å². The second-order valence-corrected chi connectivity index (χ2v) is 6.07. The second-order valence-electron chi connectivity index (χ2n) is 5.63. The van der Waals surface area contributed by atoms with E-state index < -0.39 is 11.0 Å². The third-order valence-electron chi connectivity index (χ3n) is 3.95. The molecule has 0 aliphatic heterocycles. The van der Waals surface area contributed by atoms with E-state index in [1.807, 2.05) is 30.3 Å². The van der Waals surface area contributed by atoms with E-state index in [0.29, 0.717) is 6.54 Å². The first kappa shape index (κ1) is 15.3. The van der Waals surface area contributed by atoms with Crippen molar-refractivity contribution < 1.29 is 9.90 Å². The highest BCUT2D eigenvalue weighted by molar-refractivity contribution is 6.30. The normalized spacial score (nSPS) is 19.9. The second kappa shape index (κ2) is 7.09. The minimum atomic E-state index is -0.764. The van der Waals surface area contributed by atoms with Crippen LogP contribution in [0.4, 0.5) is 0 Å². The Balaban J connectivity index is 1.88. The Labute approximate surface area is 125 Å². The zero-order valence-electron chi connectivity index (χ0n) is 11.6. The van der Waals surface area contributed by atoms with Gasteiger partial charge in [0.05, 0.1) is 5.60 Å². The third kappa shape index (κ3) is 4.22. The van der Waals surface area contributed by atoms with Crippen LogP contribution in [0.2, 0.25) is 0 Å². The topological polar surface area (TPSA) is 49.3 Å². The van der Waals surface area contributed by atoms with E-state index in [1.54, 1.807) is 0 Å². The molecule has 4 heteroatoms. The van der Waals surface area contributed by atoms with Gasteiger partial charge in [0, 0.05) is 6.54 Å². The number of carbonyl (C=O) groups excluding carboxylic acids is 1. The van der Waals surface area contributed by atoms with Gasteiger partial charge in [-0.25, -0.2) is 0 Å². The smallest absolute Gasteiger partial charge is 0.242 e. The van der Waals surface area contributed by atoms with Crippen molar-refractivity contribution in [3.05, 3.63) is 35.9 Å². The number of hydrogen-bond donors (Lipinski definition) is 2. The highest BCUT2D eigenvalue weighted by atomic mass is 35.5. The lowest BCUT2D eigenvalue weighted by molar-refractivity contribution is -0.122. The van der Waals surface area contributed by atoms with Crippen LogP contribution < -0.4 is 5.32 Å². The summed E-state index contributed by atoms with van der Waals surface area (Å²) in [4.78, 5) is 12.1. The Morgan fingerprint density at radius 1 is 1.20 bits per heavy atom. The van der Waals surface area contributed by atoms with Gasteiger partial charge < -0.3 is 10.4 Å². The summed E-state index contributed by atoms with van der Waals surface area (Å²) >= 11 is 6.16. The number of hydrogen-bond acceptors (Lipinski definition) is 2. The highest BCUT2D eigenvalue weighted by Gasteiger charge is 2.29. The molecule has 2 rings (SSSR count). The van der Waals surface area contributed by atoms with E-state index in [4.69, 9.17) is 11.6 Å². The van der Waals surface area contributed by atoms with Gasteiger partial charge in [-0.2, -0.15) is 0 Å². The molecule has 1 fully saturated rings. The van der Waals surface area contributed by atoms with Crippen LogP contribution in [0.25, 0.3) is 0 Å². The third-order valence-corrected chi connectivity index (χ3v) is 4.40. The van der Waals surface area contributed by atoms with Crippen molar-refractivity contribution in [2.45, 2.75) is 49.5 Å². The summed E-state index contributed by atoms with van der Waals surface area (Å²) in [5.74, 6) is -0.240. The SMILES string of the molecule is O=C(NCC1(O)CCCCCC1)C(Cl)c1ccccc1. The van der Waals surface area contributed by atoms with E-state index in [0.717, 1.165) is 31.2 Å². The van der Waals surface area contributed by atoms with Crippen LogP contribution in [0.5, 0.6) is 0 Å². The molecule has 0 bridgehead atoms. The molecule has 1 aliphatic rings. The first-order valence-corrected chi connectivity index (χ1v) is 7.73. The maximum Gasteiger partial charge on any atom is 0.242 e. The van der Waals surface area contributed by atoms with Gasteiger partial charge >= 0.3 is 0 Å². The number of amides is 1. The molecule has 0 radical (unpaired) electrons. The molecule has 1 aromatic carbocycles. The molecular weight excluding hydrogens is 274 g/mol. The van der Waals surface area contributed by atoms with Gasteiger partial charge in [-0.3, -0.25) is 4.79 Å². The van der Waals surface area contributed by atoms with Gasteiger partial charge in [0.1, 0.15) is 5.38 Å². The molecule has 3 nitrogen and oxygen atoms in total. The van der Waals surface area contributed by atoms with Crippen molar-refractivity contribution in [3.63, 3.8) is 0 Å². The van der Waals surface area contributed by atoms with Gasteiger partial charge in [-0.05, 0) is 18.4 Å². The Morgan fingerprint density at radius 3 is 2.40 bits per heavy atom. The van der Waals surface area contributed by atoms with Crippen LogP contribution >= 0.6 is 11.6 Å². The molecule has 2 N–H and O–H groups in total. The molecule has 1 amide bonds. The zero-order valence-corrected chi connectivity index (χ0v) is 12.4. The fraction of sp³-hybridized carbons (Fsp3) is 0.562. The lowest BCUT2D eigenvalue weighted by Gasteiger charge is -2.27. The van der Waals surface area contributed by atoms with Crippen molar-refractivity contribution in [2.75, 3.05) is 6.54 Å². The van der Waals surface area contributed by atoms with E-state index in [1.165, 1.54) is 12.8 Å². The predicted molar refractivity (Wildman–Crippen MR) is 80.7 cm³/mol. The minimum absolute atomic E-state index is 0.240. The highest BCUT2D eigenvalue weighted by Crippen LogP contribution is 2.27. The number of aliphatic hydroxyl groups is 1. The molecule has 0 saturated heterocycles. The Bertz CT molecular complexity index is 427. The summed E-state index contributed by atoms with van der Waals surface area (Å²) in [6, 6.07) is 9.27. The number of carbonyl (C=O) groups is 1. The maximum atomic E-state index is 12.1. The van der Waals surface area contributed by atoms with Crippen molar-refractivity contribution in [1.82, 2.24) is 5.32 Å².